The number of likely N-dealkylation sites (N-methyl/N-ethyl adjacent to an activating group) is 2. The second-order valence-corrected chi connectivity index (χ2v) is 34.8. The third-order valence-electron chi connectivity index (χ3n) is 22.7. The molecule has 0 radical (unpaired) electrons. The van der Waals surface area contributed by atoms with E-state index in [1.165, 1.54) is 49.9 Å². The highest BCUT2D eigenvalue weighted by atomic mass is 32.1. The predicted octanol–water partition coefficient (Wildman–Crippen LogP) is 10.3. The second kappa shape index (κ2) is 42.7. The number of ketones is 4. The molecule has 2 aliphatic carbocycles. The molecule has 7 aromatic rings. The second-order valence-electron chi connectivity index (χ2n) is 32.7. The van der Waals surface area contributed by atoms with Crippen LogP contribution in [0.25, 0.3) is 20.4 Å². The quantitative estimate of drug-likeness (QED) is 0.0122. The van der Waals surface area contributed by atoms with Crippen molar-refractivity contribution in [3.8, 4) is 46.6 Å². The Hall–Kier alpha value is -13.8. The standard InChI is InChI=1S/C56H56N6O14S.C37H43N5O11S/c1-31-32(2)51(68)49(33(3)50(31)67)55(4,5)29-48(66)61(6)18-19-62(54(71)74-37-10-14-42-45(28-37)77-47(30-57)60-42)20-22-73-24-23-72-21-15-46(65)58-16-17-59-52(69)34-7-11-39-38(25-34)53(70)76-56(39)40-12-8-35(63)26-43(40)75-44-27-36(64)9-13-41(44)56;1-22-23(2)35(48)33(24(3)34(22)47)37(4,5)20-31(45)40(6)12-13-41(36(49)52-25-7-8-26-27(19-25)54-28(21-38)39-26)14-16-51-18-17-50-15-11-32(46)53-42-29(43)9-10-30(42)44/h7-14,25-28,63-64H,15-24,29H2,1-6H3,(H,58,65)(H,59,69);7-8,19H,9-18,20H2,1-6H3. The summed E-state index contributed by atoms with van der Waals surface area (Å²) < 4.78 is 47.1. The van der Waals surface area contributed by atoms with Crippen LogP contribution >= 0.6 is 22.7 Å². The zero-order valence-electron chi connectivity index (χ0n) is 74.3. The van der Waals surface area contributed by atoms with E-state index in [0.29, 0.717) is 86.8 Å². The van der Waals surface area contributed by atoms with Gasteiger partial charge in [0.15, 0.2) is 38.7 Å². The highest BCUT2D eigenvalue weighted by Gasteiger charge is 2.54. The van der Waals surface area contributed by atoms with Gasteiger partial charge in [-0.15, -0.1) is 27.7 Å². The fourth-order valence-electron chi connectivity index (χ4n) is 15.3. The minimum Gasteiger partial charge on any atom is -0.508 e. The lowest BCUT2D eigenvalue weighted by atomic mass is 9.71. The molecular formula is C93H99N11O25S2. The lowest BCUT2D eigenvalue weighted by Gasteiger charge is -2.36. The summed E-state index contributed by atoms with van der Waals surface area (Å²) in [6, 6.07) is 27.1. The first-order valence-corrected chi connectivity index (χ1v) is 43.5. The van der Waals surface area contributed by atoms with Crippen LogP contribution in [0.15, 0.2) is 136 Å². The maximum atomic E-state index is 13.6. The van der Waals surface area contributed by atoms with Gasteiger partial charge in [-0.1, -0.05) is 33.8 Å². The number of hydrogen-bond donors (Lipinski definition) is 4. The molecule has 1 fully saturated rings. The molecule has 36 nitrogen and oxygen atoms in total. The number of esters is 1. The molecule has 1 saturated heterocycles. The van der Waals surface area contributed by atoms with Crippen LogP contribution in [0, 0.1) is 33.5 Å². The third-order valence-corrected chi connectivity index (χ3v) is 24.5. The van der Waals surface area contributed by atoms with E-state index in [2.05, 4.69) is 20.6 Å². The van der Waals surface area contributed by atoms with Gasteiger partial charge in [-0.25, -0.2) is 29.1 Å². The first kappa shape index (κ1) is 97.8. The van der Waals surface area contributed by atoms with Gasteiger partial charge < -0.3 is 83.2 Å². The van der Waals surface area contributed by atoms with Gasteiger partial charge in [0.1, 0.15) is 46.6 Å². The average Bonchev–Trinajstić information content (AvgIpc) is 1.56. The molecule has 0 atom stereocenters. The Balaban J connectivity index is 0.000000270. The number of rotatable bonds is 37. The zero-order valence-corrected chi connectivity index (χ0v) is 76.0. The number of aromatic nitrogens is 2. The fourth-order valence-corrected chi connectivity index (χ4v) is 16.9. The van der Waals surface area contributed by atoms with Gasteiger partial charge in [-0.05, 0) is 102 Å². The maximum absolute atomic E-state index is 13.6. The van der Waals surface area contributed by atoms with Crippen LogP contribution in [0.2, 0.25) is 0 Å². The van der Waals surface area contributed by atoms with E-state index >= 15 is 0 Å². The molecule has 12 rings (SSSR count). The number of thiazole rings is 2. The van der Waals surface area contributed by atoms with E-state index in [9.17, 15) is 87.9 Å². The van der Waals surface area contributed by atoms with Crippen LogP contribution in [0.3, 0.4) is 0 Å². The molecule has 4 N–H and O–H groups in total. The molecule has 0 unspecified atom stereocenters. The summed E-state index contributed by atoms with van der Waals surface area (Å²) in [6.45, 7) is 18.0. The number of ether oxygens (including phenoxy) is 8. The van der Waals surface area contributed by atoms with E-state index in [1.807, 2.05) is 12.1 Å². The van der Waals surface area contributed by atoms with Gasteiger partial charge in [0.05, 0.1) is 85.3 Å². The van der Waals surface area contributed by atoms with Crippen LogP contribution in [-0.4, -0.2) is 247 Å². The first-order valence-electron chi connectivity index (χ1n) is 41.9. The topological polar surface area (TPSA) is 476 Å². The first-order chi connectivity index (χ1) is 62.2. The number of fused-ring (bicyclic) bond motifs is 8. The van der Waals surface area contributed by atoms with Crippen molar-refractivity contribution in [3.05, 3.63) is 173 Å². The van der Waals surface area contributed by atoms with Crippen LogP contribution in [0.5, 0.6) is 34.5 Å². The van der Waals surface area contributed by atoms with Crippen LogP contribution < -0.4 is 24.8 Å². The van der Waals surface area contributed by atoms with Crippen molar-refractivity contribution in [2.24, 2.45) is 10.8 Å². The number of allylic oxidation sites excluding steroid dienone is 8. The molecule has 1 spiro atoms. The predicted molar refractivity (Wildman–Crippen MR) is 471 cm³/mol. The molecule has 5 heterocycles. The number of aromatic hydroxyl groups is 2. The molecule has 3 aliphatic heterocycles. The number of imide groups is 1. The van der Waals surface area contributed by atoms with Crippen molar-refractivity contribution in [1.29, 1.82) is 10.5 Å². The zero-order chi connectivity index (χ0) is 95.1. The van der Waals surface area contributed by atoms with Gasteiger partial charge >= 0.3 is 24.1 Å². The average molecular weight is 1840 g/mol. The summed E-state index contributed by atoms with van der Waals surface area (Å²) in [5.41, 5.74) is 2.29. The third kappa shape index (κ3) is 23.1. The number of carbonyl (C=O) groups is 14. The minimum atomic E-state index is -1.47. The van der Waals surface area contributed by atoms with E-state index in [4.69, 9.17) is 42.7 Å². The van der Waals surface area contributed by atoms with E-state index < -0.39 is 58.3 Å². The number of hydroxylamine groups is 2. The van der Waals surface area contributed by atoms with Crippen LogP contribution in [0.1, 0.15) is 155 Å². The summed E-state index contributed by atoms with van der Waals surface area (Å²) in [7, 11) is 3.17. The van der Waals surface area contributed by atoms with Crippen molar-refractivity contribution in [2.45, 2.75) is 113 Å². The maximum Gasteiger partial charge on any atom is 0.415 e. The minimum absolute atomic E-state index is 0.00174. The van der Waals surface area contributed by atoms with E-state index in [1.54, 1.807) is 144 Å². The van der Waals surface area contributed by atoms with E-state index in [-0.39, 0.29) is 240 Å². The molecule has 5 aliphatic rings. The number of carbonyl (C=O) groups excluding carboxylic acids is 14. The molecule has 8 amide bonds. The number of nitriles is 2. The summed E-state index contributed by atoms with van der Waals surface area (Å²) in [5.74, 6) is -4.19. The number of phenolic OH excluding ortho intramolecular Hbond substituents is 2. The number of nitrogens with one attached hydrogen (secondary N) is 2. The summed E-state index contributed by atoms with van der Waals surface area (Å²) in [5, 5.41) is 45.3. The number of Topliss-reactive ketones (excluding diaryl/α,β-unsaturated/α-hetero) is 4. The Morgan fingerprint density at radius 2 is 0.939 bits per heavy atom. The molecule has 2 aromatic heterocycles. The molecule has 38 heteroatoms. The highest BCUT2D eigenvalue weighted by molar-refractivity contribution is 7.19. The molecule has 688 valence electrons. The normalized spacial score (nSPS) is 14.6. The summed E-state index contributed by atoms with van der Waals surface area (Å²) in [4.78, 5) is 199. The lowest BCUT2D eigenvalue weighted by Crippen LogP contribution is -2.43. The van der Waals surface area contributed by atoms with Gasteiger partial charge in [-0.3, -0.25) is 47.9 Å². The largest absolute Gasteiger partial charge is 0.508 e. The number of amides is 8. The molecule has 5 aromatic carbocycles. The van der Waals surface area contributed by atoms with E-state index in [0.717, 1.165) is 22.7 Å². The van der Waals surface area contributed by atoms with Crippen LogP contribution in [-0.2, 0) is 82.1 Å². The smallest absolute Gasteiger partial charge is 0.415 e. The van der Waals surface area contributed by atoms with Crippen molar-refractivity contribution in [3.63, 3.8) is 0 Å². The Bertz CT molecular complexity index is 5930. The highest BCUT2D eigenvalue weighted by Crippen LogP contribution is 2.57. The fraction of sp³-hybridized carbons (Fsp3) is 0.398. The number of nitrogens with zero attached hydrogens (tertiary/aromatic N) is 9. The SMILES string of the molecule is CC1=C(C)C(=O)C(C(C)(C)CC(=O)N(C)CCN(CCOCCOCCC(=O)NCCNC(=O)c2ccc3c(c2)C(=O)OC32c3ccc(O)cc3Oc3cc(O)ccc32)C(=O)Oc2ccc3nc(C#N)sc3c2)=C(C)C1=O.CC1=C(C)C(=O)C(C(C)(C)CC(=O)N(C)CCN(CCOCCOCCC(=O)ON2C(=O)CCC2=O)C(=O)Oc2ccc3nc(C#N)sc3c2)=C(C)C1=O. The number of benzene rings is 5. The van der Waals surface area contributed by atoms with Gasteiger partial charge in [-0.2, -0.15) is 10.5 Å². The number of phenols is 2. The molecule has 0 bridgehead atoms. The monoisotopic (exact) mass is 1830 g/mol. The van der Waals surface area contributed by atoms with Gasteiger partial charge in [0, 0.05) is 200 Å². The Morgan fingerprint density at radius 1 is 0.511 bits per heavy atom. The Kier molecular flexibility index (Phi) is 31.9. The van der Waals surface area contributed by atoms with Crippen molar-refractivity contribution in [1.82, 2.24) is 45.3 Å². The molecule has 131 heavy (non-hydrogen) atoms. The van der Waals surface area contributed by atoms with Gasteiger partial charge in [0.2, 0.25) is 17.7 Å². The van der Waals surface area contributed by atoms with Crippen LogP contribution in [0.4, 0.5) is 9.59 Å². The Morgan fingerprint density at radius 3 is 1.40 bits per heavy atom. The van der Waals surface area contributed by atoms with Gasteiger partial charge in [0.25, 0.3) is 17.7 Å². The summed E-state index contributed by atoms with van der Waals surface area (Å²) >= 11 is 2.32. The number of hydrogen-bond acceptors (Lipinski definition) is 31. The lowest BCUT2D eigenvalue weighted by molar-refractivity contribution is -0.198. The molecular weight excluding hydrogens is 1740 g/mol. The Labute approximate surface area is 761 Å². The summed E-state index contributed by atoms with van der Waals surface area (Å²) in [6.07, 6.45) is -1.71. The molecule has 0 saturated carbocycles. The van der Waals surface area contributed by atoms with Crippen molar-refractivity contribution in [2.75, 3.05) is 119 Å². The van der Waals surface area contributed by atoms with Crippen molar-refractivity contribution < 1.29 is 120 Å². The van der Waals surface area contributed by atoms with Crippen molar-refractivity contribution >= 4 is 126 Å².